The van der Waals surface area contributed by atoms with Crippen molar-refractivity contribution in [3.8, 4) is 0 Å². The lowest BCUT2D eigenvalue weighted by Crippen LogP contribution is -2.40. The van der Waals surface area contributed by atoms with Crippen LogP contribution in [-0.4, -0.2) is 38.5 Å². The average Bonchev–Trinajstić information content (AvgIpc) is 2.30. The third-order valence-corrected chi connectivity index (χ3v) is 6.30. The minimum Gasteiger partial charge on any atom is -0.392 e. The molecule has 2 nitrogen and oxygen atoms in total. The Labute approximate surface area is 113 Å². The van der Waals surface area contributed by atoms with E-state index in [1.54, 1.807) is 6.08 Å². The third-order valence-electron chi connectivity index (χ3n) is 3.31. The van der Waals surface area contributed by atoms with E-state index in [2.05, 4.69) is 0 Å². The summed E-state index contributed by atoms with van der Waals surface area (Å²) in [5.41, 5.74) is -0.481. The first-order valence-electron chi connectivity index (χ1n) is 6.20. The molecule has 1 heterocycles. The van der Waals surface area contributed by atoms with Crippen LogP contribution in [0.15, 0.2) is 12.2 Å². The van der Waals surface area contributed by atoms with E-state index in [1.165, 1.54) is 17.9 Å². The molecule has 0 aliphatic carbocycles. The maximum Gasteiger partial charge on any atom is 0.0796 e. The molecule has 4 heteroatoms. The lowest BCUT2D eigenvalue weighted by molar-refractivity contribution is -0.0272. The molecule has 0 bridgehead atoms. The molecule has 1 fully saturated rings. The van der Waals surface area contributed by atoms with Crippen molar-refractivity contribution in [2.24, 2.45) is 5.41 Å². The van der Waals surface area contributed by atoms with E-state index >= 15 is 0 Å². The fourth-order valence-electron chi connectivity index (χ4n) is 1.79. The second-order valence-corrected chi connectivity index (χ2v) is 7.99. The van der Waals surface area contributed by atoms with Gasteiger partial charge in [0.05, 0.1) is 16.8 Å². The number of hydrogen-bond acceptors (Lipinski definition) is 4. The van der Waals surface area contributed by atoms with Gasteiger partial charge in [-0.15, -0.1) is 23.5 Å². The van der Waals surface area contributed by atoms with Crippen molar-refractivity contribution in [1.82, 2.24) is 0 Å². The van der Waals surface area contributed by atoms with E-state index in [0.29, 0.717) is 4.58 Å². The second-order valence-electron chi connectivity index (χ2n) is 5.07. The van der Waals surface area contributed by atoms with Gasteiger partial charge in [0.25, 0.3) is 0 Å². The summed E-state index contributed by atoms with van der Waals surface area (Å²) in [4.78, 5) is 0. The number of aliphatic hydroxyl groups is 2. The quantitative estimate of drug-likeness (QED) is 0.758. The fourth-order valence-corrected chi connectivity index (χ4v) is 4.72. The maximum absolute atomic E-state index is 10.3. The predicted molar refractivity (Wildman–Crippen MR) is 78.5 cm³/mol. The smallest absolute Gasteiger partial charge is 0.0796 e. The van der Waals surface area contributed by atoms with Crippen LogP contribution in [0.2, 0.25) is 0 Å². The van der Waals surface area contributed by atoms with Crippen LogP contribution >= 0.6 is 23.5 Å². The molecule has 0 aromatic rings. The number of allylic oxidation sites excluding steroid dienone is 1. The molecular formula is C13H24O2S2. The van der Waals surface area contributed by atoms with Gasteiger partial charge < -0.3 is 10.2 Å². The van der Waals surface area contributed by atoms with Gasteiger partial charge in [0.2, 0.25) is 0 Å². The van der Waals surface area contributed by atoms with Gasteiger partial charge in [-0.25, -0.2) is 0 Å². The number of thioether (sulfide) groups is 2. The van der Waals surface area contributed by atoms with Gasteiger partial charge in [-0.2, -0.15) is 0 Å². The van der Waals surface area contributed by atoms with Gasteiger partial charge in [0, 0.05) is 5.41 Å². The van der Waals surface area contributed by atoms with Crippen molar-refractivity contribution in [1.29, 1.82) is 0 Å². The summed E-state index contributed by atoms with van der Waals surface area (Å²) in [5, 5.41) is 20.3. The zero-order chi connectivity index (χ0) is 12.9. The largest absolute Gasteiger partial charge is 0.392 e. The topological polar surface area (TPSA) is 40.5 Å². The van der Waals surface area contributed by atoms with Crippen LogP contribution in [0, 0.1) is 5.41 Å². The van der Waals surface area contributed by atoms with Crippen LogP contribution in [0.5, 0.6) is 0 Å². The van der Waals surface area contributed by atoms with Crippen LogP contribution in [0.1, 0.15) is 33.6 Å². The van der Waals surface area contributed by atoms with Gasteiger partial charge >= 0.3 is 0 Å². The fraction of sp³-hybridized carbons (Fsp3) is 0.846. The van der Waals surface area contributed by atoms with Crippen molar-refractivity contribution in [2.45, 2.75) is 50.4 Å². The summed E-state index contributed by atoms with van der Waals surface area (Å²) < 4.78 is 0.482. The third kappa shape index (κ3) is 4.51. The Morgan fingerprint density at radius 2 is 1.88 bits per heavy atom. The standard InChI is InChI=1S/C13H24O2S2/c1-4-6-10(14)13(2,3)11(15)9-12-16-7-5-8-17-12/h4,6,10-12,14-15H,5,7-9H2,1-3H3/b6-4+/t10-,11-/m1/s1. The number of rotatable bonds is 5. The van der Waals surface area contributed by atoms with E-state index < -0.39 is 17.6 Å². The van der Waals surface area contributed by atoms with Crippen LogP contribution in [-0.2, 0) is 0 Å². The Morgan fingerprint density at radius 3 is 2.41 bits per heavy atom. The Morgan fingerprint density at radius 1 is 1.29 bits per heavy atom. The van der Waals surface area contributed by atoms with E-state index in [9.17, 15) is 10.2 Å². The number of aliphatic hydroxyl groups excluding tert-OH is 2. The van der Waals surface area contributed by atoms with Gasteiger partial charge in [0.15, 0.2) is 0 Å². The molecule has 0 radical (unpaired) electrons. The molecule has 17 heavy (non-hydrogen) atoms. The van der Waals surface area contributed by atoms with Gasteiger partial charge in [0.1, 0.15) is 0 Å². The molecule has 2 atom stereocenters. The molecule has 0 saturated carbocycles. The van der Waals surface area contributed by atoms with Crippen molar-refractivity contribution in [2.75, 3.05) is 11.5 Å². The Bertz CT molecular complexity index is 248. The van der Waals surface area contributed by atoms with Crippen molar-refractivity contribution in [3.05, 3.63) is 12.2 Å². The van der Waals surface area contributed by atoms with Crippen LogP contribution in [0.4, 0.5) is 0 Å². The van der Waals surface area contributed by atoms with E-state index in [-0.39, 0.29) is 0 Å². The molecule has 1 aliphatic rings. The van der Waals surface area contributed by atoms with Crippen molar-refractivity contribution >= 4 is 23.5 Å². The maximum atomic E-state index is 10.3. The Balaban J connectivity index is 2.51. The highest BCUT2D eigenvalue weighted by molar-refractivity contribution is 8.17. The van der Waals surface area contributed by atoms with Crippen molar-refractivity contribution < 1.29 is 10.2 Å². The summed E-state index contributed by atoms with van der Waals surface area (Å²) in [6, 6.07) is 0. The molecule has 0 amide bonds. The molecule has 2 N–H and O–H groups in total. The lowest BCUT2D eigenvalue weighted by atomic mass is 9.79. The summed E-state index contributed by atoms with van der Waals surface area (Å²) in [6.45, 7) is 5.75. The Kier molecular flexibility index (Phi) is 6.41. The molecule has 0 spiro atoms. The second kappa shape index (κ2) is 7.07. The zero-order valence-electron chi connectivity index (χ0n) is 10.9. The summed E-state index contributed by atoms with van der Waals surface area (Å²) >= 11 is 3.87. The molecule has 1 rings (SSSR count). The zero-order valence-corrected chi connectivity index (χ0v) is 12.6. The highest BCUT2D eigenvalue weighted by Crippen LogP contribution is 2.38. The first-order chi connectivity index (χ1) is 7.98. The molecule has 0 aromatic carbocycles. The molecule has 0 aromatic heterocycles. The van der Waals surface area contributed by atoms with Crippen molar-refractivity contribution in [3.63, 3.8) is 0 Å². The normalized spacial score (nSPS) is 22.9. The molecule has 0 unspecified atom stereocenters. The molecular weight excluding hydrogens is 252 g/mol. The summed E-state index contributed by atoms with van der Waals surface area (Å²) in [5.74, 6) is 2.39. The van der Waals surface area contributed by atoms with Crippen LogP contribution in [0.3, 0.4) is 0 Å². The monoisotopic (exact) mass is 276 g/mol. The lowest BCUT2D eigenvalue weighted by Gasteiger charge is -2.36. The van der Waals surface area contributed by atoms with Crippen LogP contribution in [0.25, 0.3) is 0 Å². The highest BCUT2D eigenvalue weighted by Gasteiger charge is 2.35. The van der Waals surface area contributed by atoms with E-state index in [4.69, 9.17) is 0 Å². The summed E-state index contributed by atoms with van der Waals surface area (Å²) in [7, 11) is 0. The van der Waals surface area contributed by atoms with Crippen LogP contribution < -0.4 is 0 Å². The average molecular weight is 276 g/mol. The molecule has 1 saturated heterocycles. The van der Waals surface area contributed by atoms with Gasteiger partial charge in [-0.05, 0) is 31.3 Å². The first kappa shape index (κ1) is 15.4. The minimum atomic E-state index is -0.582. The minimum absolute atomic E-state index is 0.461. The SMILES string of the molecule is C/C=C/[C@@H](O)C(C)(C)[C@H](O)CC1SCCCS1. The number of hydrogen-bond donors (Lipinski definition) is 2. The first-order valence-corrected chi connectivity index (χ1v) is 8.30. The van der Waals surface area contributed by atoms with E-state index in [1.807, 2.05) is 50.4 Å². The predicted octanol–water partition coefficient (Wildman–Crippen LogP) is 2.90. The molecule has 1 aliphatic heterocycles. The van der Waals surface area contributed by atoms with E-state index in [0.717, 1.165) is 6.42 Å². The highest BCUT2D eigenvalue weighted by atomic mass is 32.2. The van der Waals surface area contributed by atoms with Gasteiger partial charge in [-0.3, -0.25) is 0 Å². The molecule has 100 valence electrons. The Hall–Kier alpha value is 0.360. The van der Waals surface area contributed by atoms with Gasteiger partial charge in [-0.1, -0.05) is 26.0 Å². The summed E-state index contributed by atoms with van der Waals surface area (Å²) in [6.07, 6.45) is 4.58.